The number of carbonyl (C=O) groups is 1. The Labute approximate surface area is 153 Å². The summed E-state index contributed by atoms with van der Waals surface area (Å²) in [6, 6.07) is 5.84. The number of rotatable bonds is 5. The molecular weight excluding hydrogens is 334 g/mol. The number of furan rings is 1. The highest BCUT2D eigenvalue weighted by atomic mass is 32.2. The van der Waals surface area contributed by atoms with Gasteiger partial charge in [-0.3, -0.25) is 4.79 Å². The third-order valence-electron chi connectivity index (χ3n) is 4.38. The summed E-state index contributed by atoms with van der Waals surface area (Å²) in [6.45, 7) is 3.92. The average molecular weight is 359 g/mol. The van der Waals surface area contributed by atoms with Gasteiger partial charge in [0.15, 0.2) is 10.9 Å². The molecule has 6 heteroatoms. The van der Waals surface area contributed by atoms with E-state index in [1.54, 1.807) is 6.07 Å². The van der Waals surface area contributed by atoms with E-state index in [1.807, 2.05) is 26.0 Å². The molecule has 0 bridgehead atoms. The van der Waals surface area contributed by atoms with Crippen LogP contribution in [0.25, 0.3) is 0 Å². The molecule has 1 saturated carbocycles. The monoisotopic (exact) mass is 359 g/mol. The van der Waals surface area contributed by atoms with Gasteiger partial charge in [0.25, 0.3) is 5.91 Å². The lowest BCUT2D eigenvalue weighted by atomic mass is 10.1. The molecule has 25 heavy (non-hydrogen) atoms. The first kappa shape index (κ1) is 18.0. The highest BCUT2D eigenvalue weighted by Gasteiger charge is 2.18. The maximum Gasteiger partial charge on any atom is 0.287 e. The quantitative estimate of drug-likeness (QED) is 0.486. The summed E-state index contributed by atoms with van der Waals surface area (Å²) >= 11 is 1.52. The Morgan fingerprint density at radius 3 is 2.52 bits per heavy atom. The van der Waals surface area contributed by atoms with Crippen molar-refractivity contribution in [2.24, 2.45) is 0 Å². The Kier molecular flexibility index (Phi) is 6.13. The molecule has 0 spiro atoms. The maximum absolute atomic E-state index is 12.4. The van der Waals surface area contributed by atoms with Gasteiger partial charge in [0, 0.05) is 17.4 Å². The van der Waals surface area contributed by atoms with Gasteiger partial charge in [-0.15, -0.1) is 0 Å². The Morgan fingerprint density at radius 2 is 1.84 bits per heavy atom. The molecule has 0 atom stereocenters. The van der Waals surface area contributed by atoms with Crippen molar-refractivity contribution in [3.8, 4) is 0 Å². The van der Waals surface area contributed by atoms with Crippen LogP contribution < -0.4 is 5.32 Å². The van der Waals surface area contributed by atoms with Gasteiger partial charge in [-0.25, -0.2) is 9.97 Å². The Hall–Kier alpha value is -1.82. The molecule has 1 aliphatic carbocycles. The molecule has 134 valence electrons. The Bertz CT molecular complexity index is 701. The van der Waals surface area contributed by atoms with Crippen LogP contribution in [0.4, 0.5) is 0 Å². The summed E-state index contributed by atoms with van der Waals surface area (Å²) in [7, 11) is 0. The number of carbonyl (C=O) groups excluding carboxylic acids is 1. The number of aromatic nitrogens is 2. The zero-order valence-corrected chi connectivity index (χ0v) is 15.7. The van der Waals surface area contributed by atoms with Crippen molar-refractivity contribution in [1.29, 1.82) is 0 Å². The molecule has 0 radical (unpaired) electrons. The van der Waals surface area contributed by atoms with E-state index in [2.05, 4.69) is 15.3 Å². The predicted molar refractivity (Wildman–Crippen MR) is 98.7 cm³/mol. The lowest BCUT2D eigenvalue weighted by molar-refractivity contribution is 0.0904. The lowest BCUT2D eigenvalue weighted by Gasteiger charge is -2.14. The van der Waals surface area contributed by atoms with Gasteiger partial charge in [-0.1, -0.05) is 37.4 Å². The van der Waals surface area contributed by atoms with Crippen LogP contribution in [0, 0.1) is 13.8 Å². The Morgan fingerprint density at radius 1 is 1.16 bits per heavy atom. The summed E-state index contributed by atoms with van der Waals surface area (Å²) < 4.78 is 5.71. The Balaban J connectivity index is 1.55. The normalized spacial score (nSPS) is 15.8. The minimum Gasteiger partial charge on any atom is -0.455 e. The SMILES string of the molecule is Cc1cc(C)nc(SCc2ccc(C(=O)NC3CCCCCC3)o2)n1. The van der Waals surface area contributed by atoms with E-state index in [-0.39, 0.29) is 11.9 Å². The molecule has 0 saturated heterocycles. The first-order valence-electron chi connectivity index (χ1n) is 8.95. The lowest BCUT2D eigenvalue weighted by Crippen LogP contribution is -2.34. The van der Waals surface area contributed by atoms with Crippen LogP contribution in [0.15, 0.2) is 27.8 Å². The minimum atomic E-state index is -0.106. The molecule has 2 aromatic heterocycles. The fourth-order valence-electron chi connectivity index (χ4n) is 3.15. The molecule has 1 amide bonds. The number of amides is 1. The highest BCUT2D eigenvalue weighted by molar-refractivity contribution is 7.98. The van der Waals surface area contributed by atoms with Crippen LogP contribution in [0.2, 0.25) is 0 Å². The van der Waals surface area contributed by atoms with E-state index >= 15 is 0 Å². The van der Waals surface area contributed by atoms with Crippen LogP contribution >= 0.6 is 11.8 Å². The molecule has 0 unspecified atom stereocenters. The number of hydrogen-bond donors (Lipinski definition) is 1. The summed E-state index contributed by atoms with van der Waals surface area (Å²) in [5.41, 5.74) is 1.91. The molecule has 2 heterocycles. The highest BCUT2D eigenvalue weighted by Crippen LogP contribution is 2.22. The molecule has 0 aromatic carbocycles. The van der Waals surface area contributed by atoms with Gasteiger partial charge in [0.2, 0.25) is 0 Å². The molecule has 2 aromatic rings. The summed E-state index contributed by atoms with van der Waals surface area (Å²) in [6.07, 6.45) is 7.07. The number of aryl methyl sites for hydroxylation is 2. The van der Waals surface area contributed by atoms with Crippen molar-refractivity contribution in [3.05, 3.63) is 41.1 Å². The number of nitrogens with zero attached hydrogens (tertiary/aromatic N) is 2. The van der Waals surface area contributed by atoms with Crippen molar-refractivity contribution >= 4 is 17.7 Å². The summed E-state index contributed by atoms with van der Waals surface area (Å²) in [5, 5.41) is 3.85. The van der Waals surface area contributed by atoms with Crippen LogP contribution in [0.5, 0.6) is 0 Å². The summed E-state index contributed by atoms with van der Waals surface area (Å²) in [4.78, 5) is 21.2. The van der Waals surface area contributed by atoms with Crippen LogP contribution in [0.3, 0.4) is 0 Å². The van der Waals surface area contributed by atoms with Crippen LogP contribution in [-0.4, -0.2) is 21.9 Å². The van der Waals surface area contributed by atoms with Gasteiger partial charge in [0.05, 0.1) is 5.75 Å². The van der Waals surface area contributed by atoms with Gasteiger partial charge in [0.1, 0.15) is 5.76 Å². The van der Waals surface area contributed by atoms with E-state index in [0.717, 1.165) is 35.1 Å². The largest absolute Gasteiger partial charge is 0.455 e. The van der Waals surface area contributed by atoms with Gasteiger partial charge < -0.3 is 9.73 Å². The molecular formula is C19H25N3O2S. The van der Waals surface area contributed by atoms with E-state index in [9.17, 15) is 4.79 Å². The second kappa shape index (κ2) is 8.52. The summed E-state index contributed by atoms with van der Waals surface area (Å²) in [5.74, 6) is 1.66. The average Bonchev–Trinajstić information content (AvgIpc) is 2.90. The number of hydrogen-bond acceptors (Lipinski definition) is 5. The zero-order valence-electron chi connectivity index (χ0n) is 14.9. The van der Waals surface area contributed by atoms with Crippen LogP contribution in [-0.2, 0) is 5.75 Å². The van der Waals surface area contributed by atoms with Gasteiger partial charge >= 0.3 is 0 Å². The van der Waals surface area contributed by atoms with E-state index in [4.69, 9.17) is 4.42 Å². The van der Waals surface area contributed by atoms with Gasteiger partial charge in [-0.2, -0.15) is 0 Å². The van der Waals surface area contributed by atoms with E-state index < -0.39 is 0 Å². The first-order valence-corrected chi connectivity index (χ1v) is 9.93. The van der Waals surface area contributed by atoms with Crippen LogP contribution in [0.1, 0.15) is 66.2 Å². The number of nitrogens with one attached hydrogen (secondary N) is 1. The number of thioether (sulfide) groups is 1. The molecule has 5 nitrogen and oxygen atoms in total. The van der Waals surface area contributed by atoms with Crippen molar-refractivity contribution < 1.29 is 9.21 Å². The second-order valence-electron chi connectivity index (χ2n) is 6.65. The smallest absolute Gasteiger partial charge is 0.287 e. The van der Waals surface area contributed by atoms with Crippen molar-refractivity contribution in [1.82, 2.24) is 15.3 Å². The fourth-order valence-corrected chi connectivity index (χ4v) is 4.00. The van der Waals surface area contributed by atoms with E-state index in [0.29, 0.717) is 11.5 Å². The first-order chi connectivity index (χ1) is 12.1. The second-order valence-corrected chi connectivity index (χ2v) is 7.59. The van der Waals surface area contributed by atoms with Crippen molar-refractivity contribution in [2.45, 2.75) is 69.3 Å². The van der Waals surface area contributed by atoms with Crippen molar-refractivity contribution in [2.75, 3.05) is 0 Å². The zero-order chi connectivity index (χ0) is 17.6. The molecule has 3 rings (SSSR count). The van der Waals surface area contributed by atoms with E-state index in [1.165, 1.54) is 37.4 Å². The standard InChI is InChI=1S/C19H25N3O2S/c1-13-11-14(2)21-19(20-13)25-12-16-9-10-17(24-16)18(23)22-15-7-5-3-4-6-8-15/h9-11,15H,3-8,12H2,1-2H3,(H,22,23). The fraction of sp³-hybridized carbons (Fsp3) is 0.526. The maximum atomic E-state index is 12.4. The molecule has 1 aliphatic rings. The topological polar surface area (TPSA) is 68.0 Å². The molecule has 1 fully saturated rings. The third-order valence-corrected chi connectivity index (χ3v) is 5.25. The van der Waals surface area contributed by atoms with Crippen molar-refractivity contribution in [3.63, 3.8) is 0 Å². The van der Waals surface area contributed by atoms with Gasteiger partial charge in [-0.05, 0) is 44.9 Å². The molecule has 0 aliphatic heterocycles. The third kappa shape index (κ3) is 5.33. The predicted octanol–water partition coefficient (Wildman–Crippen LogP) is 4.43. The molecule has 1 N–H and O–H groups in total. The minimum absolute atomic E-state index is 0.106.